The first-order valence-electron chi connectivity index (χ1n) is 22.2. The molecule has 7 heteroatoms. The first-order chi connectivity index (χ1) is 32.2. The number of hydrogen-bond donors (Lipinski definition) is 0. The fourth-order valence-corrected chi connectivity index (χ4v) is 21.0. The third kappa shape index (κ3) is 5.56. The fourth-order valence-electron chi connectivity index (χ4n) is 11.4. The summed E-state index contributed by atoms with van der Waals surface area (Å²) in [7, 11) is -3.72. The van der Waals surface area contributed by atoms with Crippen LogP contribution < -0.4 is 46.4 Å². The van der Waals surface area contributed by atoms with Crippen molar-refractivity contribution in [2.75, 3.05) is 11.9 Å². The van der Waals surface area contributed by atoms with Crippen LogP contribution in [0.1, 0.15) is 22.3 Å². The Labute approximate surface area is 381 Å². The van der Waals surface area contributed by atoms with E-state index in [-0.39, 0.29) is 0 Å². The molecule has 0 saturated heterocycles. The Balaban J connectivity index is 1.23. The Kier molecular flexibility index (Phi) is 9.22. The van der Waals surface area contributed by atoms with Gasteiger partial charge in [0.1, 0.15) is 12.7 Å². The monoisotopic (exact) mass is 865 g/mol. The van der Waals surface area contributed by atoms with Gasteiger partial charge in [-0.1, -0.05) is 206 Å². The van der Waals surface area contributed by atoms with Crippen molar-refractivity contribution in [2.45, 2.75) is 5.41 Å². The van der Waals surface area contributed by atoms with E-state index in [1.807, 2.05) is 12.4 Å². The van der Waals surface area contributed by atoms with E-state index in [4.69, 9.17) is 19.9 Å². The van der Waals surface area contributed by atoms with Crippen molar-refractivity contribution >= 4 is 69.0 Å². The van der Waals surface area contributed by atoms with Gasteiger partial charge in [-0.3, -0.25) is 0 Å². The average Bonchev–Trinajstić information content (AvgIpc) is 3.69. The third-order valence-electron chi connectivity index (χ3n) is 14.1. The Hall–Kier alpha value is -7.85. The van der Waals surface area contributed by atoms with Crippen molar-refractivity contribution in [1.82, 2.24) is 19.9 Å². The van der Waals surface area contributed by atoms with E-state index in [2.05, 4.69) is 230 Å². The topological polar surface area (TPSA) is 54.8 Å². The number of rotatable bonds is 8. The van der Waals surface area contributed by atoms with E-state index in [0.717, 1.165) is 45.0 Å². The van der Waals surface area contributed by atoms with E-state index in [0.29, 0.717) is 0 Å². The first kappa shape index (κ1) is 38.8. The number of aromatic nitrogens is 4. The van der Waals surface area contributed by atoms with Crippen molar-refractivity contribution < 1.29 is 0 Å². The fraction of sp³-hybridized carbons (Fsp3) is 0.0345. The zero-order valence-electron chi connectivity index (χ0n) is 35.8. The van der Waals surface area contributed by atoms with Crippen LogP contribution in [0.25, 0.3) is 11.4 Å². The summed E-state index contributed by atoms with van der Waals surface area (Å²) in [6.07, 6.45) is 7.39. The van der Waals surface area contributed by atoms with Gasteiger partial charge in [0.2, 0.25) is 0 Å². The lowest BCUT2D eigenvalue weighted by molar-refractivity contribution is 0.737. The van der Waals surface area contributed by atoms with Crippen LogP contribution in [0.3, 0.4) is 0 Å². The van der Waals surface area contributed by atoms with Gasteiger partial charge in [0, 0.05) is 41.9 Å². The Morgan fingerprint density at radius 1 is 0.338 bits per heavy atom. The van der Waals surface area contributed by atoms with Crippen molar-refractivity contribution in [1.29, 1.82) is 0 Å². The number of anilines is 2. The molecule has 1 aliphatic carbocycles. The minimum Gasteiger partial charge on any atom is -0.344 e. The number of hydrogen-bond acceptors (Lipinski definition) is 5. The van der Waals surface area contributed by atoms with Crippen LogP contribution >= 0.6 is 0 Å². The van der Waals surface area contributed by atoms with Gasteiger partial charge in [0.15, 0.2) is 16.1 Å². The lowest BCUT2D eigenvalue weighted by Crippen LogP contribution is -2.75. The van der Waals surface area contributed by atoms with E-state index < -0.39 is 21.6 Å². The smallest absolute Gasteiger partial charge is 0.179 e. The minimum atomic E-state index is -2.97. The van der Waals surface area contributed by atoms with E-state index >= 15 is 0 Å². The van der Waals surface area contributed by atoms with Crippen molar-refractivity contribution in [3.63, 3.8) is 0 Å². The summed E-state index contributed by atoms with van der Waals surface area (Å²) in [5.41, 5.74) is 7.40. The van der Waals surface area contributed by atoms with Gasteiger partial charge >= 0.3 is 0 Å². The second-order valence-electron chi connectivity index (χ2n) is 17.0. The van der Waals surface area contributed by atoms with Crippen molar-refractivity contribution in [2.24, 2.45) is 0 Å². The van der Waals surface area contributed by atoms with E-state index in [1.165, 1.54) is 41.5 Å². The number of nitrogens with zero attached hydrogens (tertiary/aromatic N) is 5. The molecule has 0 N–H and O–H groups in total. The molecule has 65 heavy (non-hydrogen) atoms. The molecule has 2 aliphatic rings. The van der Waals surface area contributed by atoms with Gasteiger partial charge in [-0.05, 0) is 64.8 Å². The van der Waals surface area contributed by atoms with Crippen LogP contribution in [0, 0.1) is 0 Å². The highest BCUT2D eigenvalue weighted by Gasteiger charge is 2.55. The summed E-state index contributed by atoms with van der Waals surface area (Å²) < 4.78 is 0. The first-order valence-corrected chi connectivity index (χ1v) is 26.2. The maximum Gasteiger partial charge on any atom is 0.179 e. The molecule has 0 fully saturated rings. The normalized spacial score (nSPS) is 13.4. The van der Waals surface area contributed by atoms with Gasteiger partial charge in [-0.15, -0.1) is 0 Å². The highest BCUT2D eigenvalue weighted by Crippen LogP contribution is 2.60. The third-order valence-corrected chi connectivity index (χ3v) is 23.6. The van der Waals surface area contributed by atoms with Crippen LogP contribution in [-0.4, -0.2) is 43.1 Å². The Morgan fingerprint density at radius 3 is 0.923 bits per heavy atom. The van der Waals surface area contributed by atoms with E-state index in [9.17, 15) is 0 Å². The van der Waals surface area contributed by atoms with Crippen molar-refractivity contribution in [3.05, 3.63) is 266 Å². The molecule has 0 radical (unpaired) electrons. The molecule has 0 unspecified atom stereocenters. The van der Waals surface area contributed by atoms with Gasteiger partial charge in [0.25, 0.3) is 0 Å². The molecular formula is C58H43N5Si2. The molecule has 0 atom stereocenters. The molecule has 1 spiro atoms. The minimum absolute atomic E-state index is 0.838. The Bertz CT molecular complexity index is 2920. The molecule has 0 amide bonds. The molecule has 308 valence electrons. The molecule has 5 nitrogen and oxygen atoms in total. The van der Waals surface area contributed by atoms with Gasteiger partial charge in [-0.25, -0.2) is 19.9 Å². The van der Waals surface area contributed by atoms with Crippen LogP contribution in [0.4, 0.5) is 11.4 Å². The van der Waals surface area contributed by atoms with E-state index in [1.54, 1.807) is 12.7 Å². The molecule has 2 aromatic heterocycles. The molecule has 8 aromatic carbocycles. The molecule has 0 bridgehead atoms. The van der Waals surface area contributed by atoms with Gasteiger partial charge in [-0.2, -0.15) is 0 Å². The molecule has 0 saturated carbocycles. The summed E-state index contributed by atoms with van der Waals surface area (Å²) in [5.74, 6) is 0. The van der Waals surface area contributed by atoms with Crippen LogP contribution in [0.2, 0.25) is 0 Å². The summed E-state index contributed by atoms with van der Waals surface area (Å²) in [6.45, 7) is 0. The maximum atomic E-state index is 5.05. The largest absolute Gasteiger partial charge is 0.344 e. The SMILES string of the molecule is CN1c2ccc([Si](c3ccccc3)(c3ccccc3)c3ccccc3)cc2C2(c3cc([Si](c4ccccc4)(c4ccccc4)c4ccccc4)ccc31)c1cncnc1-c1ncncc12. The maximum absolute atomic E-state index is 5.05. The summed E-state index contributed by atoms with van der Waals surface area (Å²) >= 11 is 0. The molecule has 3 heterocycles. The Morgan fingerprint density at radius 2 is 0.631 bits per heavy atom. The molecule has 12 rings (SSSR count). The highest BCUT2D eigenvalue weighted by molar-refractivity contribution is 7.20. The quantitative estimate of drug-likeness (QED) is 0.130. The highest BCUT2D eigenvalue weighted by atomic mass is 28.3. The second-order valence-corrected chi connectivity index (χ2v) is 24.7. The van der Waals surface area contributed by atoms with Crippen LogP contribution in [0.5, 0.6) is 0 Å². The van der Waals surface area contributed by atoms with Gasteiger partial charge in [0.05, 0.1) is 16.8 Å². The molecule has 10 aromatic rings. The summed E-state index contributed by atoms with van der Waals surface area (Å²) in [5, 5.41) is 10.5. The number of benzene rings is 8. The van der Waals surface area contributed by atoms with Crippen LogP contribution in [0.15, 0.2) is 243 Å². The lowest BCUT2D eigenvalue weighted by atomic mass is 9.65. The zero-order chi connectivity index (χ0) is 43.4. The predicted molar refractivity (Wildman–Crippen MR) is 270 cm³/mol. The predicted octanol–water partition coefficient (Wildman–Crippen LogP) is 6.47. The summed E-state index contributed by atoms with van der Waals surface area (Å²) in [4.78, 5) is 22.1. The molecule has 1 aliphatic heterocycles. The lowest BCUT2D eigenvalue weighted by Gasteiger charge is -2.45. The average molecular weight is 866 g/mol. The summed E-state index contributed by atoms with van der Waals surface area (Å²) in [6, 6.07) is 81.6. The van der Waals surface area contributed by atoms with Crippen molar-refractivity contribution in [3.8, 4) is 11.4 Å². The standard InChI is InChI=1S/C58H43N5Si2/c1-63-54-34-32-48(64(42-20-8-2-9-21-42,43-22-10-3-11-23-43)44-24-12-4-13-25-44)36-50(54)58(52-38-59-40-61-56(52)57-53(58)39-60-41-62-57)51-37-49(33-35-55(51)63)65(45-26-14-5-15-27-45,46-28-16-6-17-29-46)47-30-18-7-19-31-47/h2-41H,1H3. The second kappa shape index (κ2) is 15.4. The number of fused-ring (bicyclic) bond motifs is 9. The zero-order valence-corrected chi connectivity index (χ0v) is 37.8. The molecular weight excluding hydrogens is 823 g/mol. The van der Waals surface area contributed by atoms with Gasteiger partial charge < -0.3 is 4.90 Å². The van der Waals surface area contributed by atoms with Crippen LogP contribution in [-0.2, 0) is 5.41 Å².